The van der Waals surface area contributed by atoms with Crippen LogP contribution < -0.4 is 4.74 Å². The predicted molar refractivity (Wildman–Crippen MR) is 76.4 cm³/mol. The Hall–Kier alpha value is -1.58. The molecule has 0 aliphatic heterocycles. The maximum absolute atomic E-state index is 9.59. The molecule has 0 bridgehead atoms. The van der Waals surface area contributed by atoms with Crippen molar-refractivity contribution in [1.82, 2.24) is 0 Å². The van der Waals surface area contributed by atoms with Gasteiger partial charge in [-0.3, -0.25) is 0 Å². The molecule has 0 spiro atoms. The molecule has 2 rings (SSSR count). The zero-order valence-corrected chi connectivity index (χ0v) is 11.0. The minimum atomic E-state index is 0.0669. The Morgan fingerprint density at radius 3 is 2.39 bits per heavy atom. The van der Waals surface area contributed by atoms with Gasteiger partial charge >= 0.3 is 0 Å². The highest BCUT2D eigenvalue weighted by atomic mass is 35.5. The average Bonchev–Trinajstić information content (AvgIpc) is 2.41. The first-order valence-corrected chi connectivity index (χ1v) is 6.30. The summed E-state index contributed by atoms with van der Waals surface area (Å²) in [5.41, 5.74) is 1.80. The van der Waals surface area contributed by atoms with Gasteiger partial charge in [0.25, 0.3) is 0 Å². The molecule has 0 aliphatic carbocycles. The largest absolute Gasteiger partial charge is 0.504 e. The lowest BCUT2D eigenvalue weighted by Crippen LogP contribution is -2.06. The van der Waals surface area contributed by atoms with Crippen LogP contribution in [0, 0.1) is 0 Å². The molecule has 2 aromatic carbocycles. The van der Waals surface area contributed by atoms with Crippen LogP contribution in [0.2, 0.25) is 0 Å². The molecule has 0 saturated heterocycles. The molecule has 0 aromatic heterocycles. The fraction of sp³-hybridized carbons (Fsp3) is 0.0714. The first kappa shape index (κ1) is 12.9. The summed E-state index contributed by atoms with van der Waals surface area (Å²) in [6, 6.07) is 14.2. The van der Waals surface area contributed by atoms with Crippen LogP contribution in [0.3, 0.4) is 0 Å². The van der Waals surface area contributed by atoms with Gasteiger partial charge in [-0.25, -0.2) is 0 Å². The van der Waals surface area contributed by atoms with Crippen molar-refractivity contribution in [2.45, 2.75) is 5.88 Å². The number of benzene rings is 2. The van der Waals surface area contributed by atoms with E-state index in [1.807, 2.05) is 24.3 Å². The van der Waals surface area contributed by atoms with Crippen LogP contribution >= 0.6 is 23.8 Å². The van der Waals surface area contributed by atoms with E-state index in [-0.39, 0.29) is 5.75 Å². The number of rotatable bonds is 3. The normalized spacial score (nSPS) is 10.1. The molecule has 4 heteroatoms. The van der Waals surface area contributed by atoms with Gasteiger partial charge in [0, 0.05) is 11.4 Å². The number of ether oxygens (including phenoxy) is 1. The number of halogens is 1. The van der Waals surface area contributed by atoms with Gasteiger partial charge in [0.2, 0.25) is 0 Å². The summed E-state index contributed by atoms with van der Waals surface area (Å²) in [5, 5.41) is 9.90. The van der Waals surface area contributed by atoms with Gasteiger partial charge in [0.15, 0.2) is 16.5 Å². The maximum Gasteiger partial charge on any atom is 0.198 e. The third-order valence-corrected chi connectivity index (χ3v) is 3.04. The van der Waals surface area contributed by atoms with Crippen molar-refractivity contribution in [3.8, 4) is 11.5 Å². The molecule has 0 fully saturated rings. The van der Waals surface area contributed by atoms with Crippen molar-refractivity contribution in [3.63, 3.8) is 0 Å². The van der Waals surface area contributed by atoms with Gasteiger partial charge in [-0.15, -0.1) is 11.6 Å². The van der Waals surface area contributed by atoms with Crippen LogP contribution in [-0.2, 0) is 5.88 Å². The van der Waals surface area contributed by atoms with Gasteiger partial charge in [-0.2, -0.15) is 0 Å². The molecule has 0 atom stereocenters. The summed E-state index contributed by atoms with van der Waals surface area (Å²) in [6.45, 7) is 0. The number of hydrogen-bond acceptors (Lipinski definition) is 3. The van der Waals surface area contributed by atoms with Crippen molar-refractivity contribution < 1.29 is 9.84 Å². The summed E-state index contributed by atoms with van der Waals surface area (Å²) in [6.07, 6.45) is 0. The SMILES string of the molecule is Oc1ccccc1OC(=S)c1ccc(CCl)cc1. The summed E-state index contributed by atoms with van der Waals surface area (Å²) in [7, 11) is 0. The van der Waals surface area contributed by atoms with Crippen LogP contribution in [0.25, 0.3) is 0 Å². The molecule has 2 aromatic rings. The van der Waals surface area contributed by atoms with E-state index in [0.29, 0.717) is 16.7 Å². The zero-order chi connectivity index (χ0) is 13.0. The molecule has 0 amide bonds. The minimum Gasteiger partial charge on any atom is -0.504 e. The highest BCUT2D eigenvalue weighted by molar-refractivity contribution is 7.80. The van der Waals surface area contributed by atoms with E-state index >= 15 is 0 Å². The number of alkyl halides is 1. The van der Waals surface area contributed by atoms with E-state index in [2.05, 4.69) is 0 Å². The van der Waals surface area contributed by atoms with Crippen molar-refractivity contribution in [2.75, 3.05) is 0 Å². The third-order valence-electron chi connectivity index (χ3n) is 2.41. The lowest BCUT2D eigenvalue weighted by Gasteiger charge is -2.08. The van der Waals surface area contributed by atoms with Gasteiger partial charge in [0.1, 0.15) is 0 Å². The van der Waals surface area contributed by atoms with Crippen LogP contribution in [0.15, 0.2) is 48.5 Å². The second kappa shape index (κ2) is 5.85. The molecule has 18 heavy (non-hydrogen) atoms. The third kappa shape index (κ3) is 3.00. The van der Waals surface area contributed by atoms with E-state index in [1.54, 1.807) is 24.3 Å². The molecule has 0 saturated carbocycles. The summed E-state index contributed by atoms with van der Waals surface area (Å²) in [5.74, 6) is 0.883. The van der Waals surface area contributed by atoms with Crippen LogP contribution in [-0.4, -0.2) is 10.2 Å². The number of phenolic OH excluding ortho intramolecular Hbond substituents is 1. The Labute approximate surface area is 116 Å². The maximum atomic E-state index is 9.59. The quantitative estimate of drug-likeness (QED) is 0.682. The standard InChI is InChI=1S/C14H11ClO2S/c15-9-10-5-7-11(8-6-10)14(18)17-13-4-2-1-3-12(13)16/h1-8,16H,9H2. The van der Waals surface area contributed by atoms with Gasteiger partial charge in [-0.05, 0) is 29.9 Å². The van der Waals surface area contributed by atoms with E-state index in [9.17, 15) is 5.11 Å². The van der Waals surface area contributed by atoms with Crippen molar-refractivity contribution >= 4 is 28.9 Å². The Morgan fingerprint density at radius 2 is 1.78 bits per heavy atom. The second-order valence-electron chi connectivity index (χ2n) is 3.69. The predicted octanol–water partition coefficient (Wildman–Crippen LogP) is 3.89. The number of hydrogen-bond donors (Lipinski definition) is 1. The number of aromatic hydroxyl groups is 1. The average molecular weight is 279 g/mol. The summed E-state index contributed by atoms with van der Waals surface area (Å²) >= 11 is 10.9. The van der Waals surface area contributed by atoms with Crippen LogP contribution in [0.1, 0.15) is 11.1 Å². The molecule has 2 nitrogen and oxygen atoms in total. The van der Waals surface area contributed by atoms with E-state index in [1.165, 1.54) is 0 Å². The van der Waals surface area contributed by atoms with Crippen molar-refractivity contribution in [1.29, 1.82) is 0 Å². The van der Waals surface area contributed by atoms with Gasteiger partial charge in [-0.1, -0.05) is 36.4 Å². The van der Waals surface area contributed by atoms with Crippen LogP contribution in [0.4, 0.5) is 0 Å². The van der Waals surface area contributed by atoms with E-state index < -0.39 is 0 Å². The van der Waals surface area contributed by atoms with Crippen molar-refractivity contribution in [2.24, 2.45) is 0 Å². The van der Waals surface area contributed by atoms with E-state index in [4.69, 9.17) is 28.6 Å². The fourth-order valence-electron chi connectivity index (χ4n) is 1.43. The first-order chi connectivity index (χ1) is 8.70. The fourth-order valence-corrected chi connectivity index (χ4v) is 1.84. The van der Waals surface area contributed by atoms with Gasteiger partial charge < -0.3 is 9.84 Å². The highest BCUT2D eigenvalue weighted by Gasteiger charge is 2.07. The Bertz CT molecular complexity index is 552. The Kier molecular flexibility index (Phi) is 4.18. The van der Waals surface area contributed by atoms with Crippen LogP contribution in [0.5, 0.6) is 11.5 Å². The molecular formula is C14H11ClO2S. The Morgan fingerprint density at radius 1 is 1.11 bits per heavy atom. The first-order valence-electron chi connectivity index (χ1n) is 5.36. The smallest absolute Gasteiger partial charge is 0.198 e. The highest BCUT2D eigenvalue weighted by Crippen LogP contribution is 2.25. The van der Waals surface area contributed by atoms with E-state index in [0.717, 1.165) is 11.1 Å². The molecule has 0 unspecified atom stereocenters. The number of thiocarbonyl (C=S) groups is 1. The monoisotopic (exact) mass is 278 g/mol. The number of para-hydroxylation sites is 2. The zero-order valence-electron chi connectivity index (χ0n) is 9.47. The topological polar surface area (TPSA) is 29.5 Å². The summed E-state index contributed by atoms with van der Waals surface area (Å²) in [4.78, 5) is 0. The van der Waals surface area contributed by atoms with Gasteiger partial charge in [0.05, 0.1) is 0 Å². The molecule has 0 aliphatic rings. The Balaban J connectivity index is 2.14. The lowest BCUT2D eigenvalue weighted by molar-refractivity contribution is 0.437. The van der Waals surface area contributed by atoms with Crippen molar-refractivity contribution in [3.05, 3.63) is 59.7 Å². The molecule has 0 heterocycles. The number of phenols is 1. The molecule has 0 radical (unpaired) electrons. The molecular weight excluding hydrogens is 268 g/mol. The lowest BCUT2D eigenvalue weighted by atomic mass is 10.2. The second-order valence-corrected chi connectivity index (χ2v) is 4.33. The minimum absolute atomic E-state index is 0.0669. The molecule has 92 valence electrons. The summed E-state index contributed by atoms with van der Waals surface area (Å²) < 4.78 is 5.45. The molecule has 1 N–H and O–H groups in total.